The van der Waals surface area contributed by atoms with Crippen molar-refractivity contribution in [3.8, 4) is 0 Å². The van der Waals surface area contributed by atoms with E-state index in [1.54, 1.807) is 0 Å². The van der Waals surface area contributed by atoms with Gasteiger partial charge in [0.1, 0.15) is 0 Å². The van der Waals surface area contributed by atoms with Crippen molar-refractivity contribution in [2.45, 2.75) is 91.1 Å². The van der Waals surface area contributed by atoms with Crippen LogP contribution in [0.5, 0.6) is 0 Å². The maximum absolute atomic E-state index is 12.0. The maximum Gasteiger partial charge on any atom is 0.237 e. The molecule has 0 bridgehead atoms. The third kappa shape index (κ3) is 9.36. The van der Waals surface area contributed by atoms with Gasteiger partial charge in [-0.05, 0) is 40.5 Å². The van der Waals surface area contributed by atoms with Crippen LogP contribution in [0, 0.1) is 0 Å². The number of amides is 2. The second-order valence-corrected chi connectivity index (χ2v) is 7.47. The van der Waals surface area contributed by atoms with Crippen LogP contribution in [0.1, 0.15) is 79.1 Å². The number of carbonyl (C=O) groups excluding carboxylic acids is 6. The lowest BCUT2D eigenvalue weighted by molar-refractivity contribution is -0.144. The highest BCUT2D eigenvalue weighted by Gasteiger charge is 2.29. The number of rotatable bonds is 15. The third-order valence-electron chi connectivity index (χ3n) is 4.70. The molecule has 0 atom stereocenters. The van der Waals surface area contributed by atoms with Crippen LogP contribution < -0.4 is 11.7 Å². The Morgan fingerprint density at radius 3 is 1.00 bits per heavy atom. The molecule has 0 unspecified atom stereocenters. The second-order valence-electron chi connectivity index (χ2n) is 7.47. The fourth-order valence-electron chi connectivity index (χ4n) is 3.16. The van der Waals surface area contributed by atoms with Crippen LogP contribution in [0.3, 0.4) is 0 Å². The number of nitrogens with two attached hydrogens (primary N) is 2. The normalized spacial score (nSPS) is 10.8. The lowest BCUT2D eigenvalue weighted by Crippen LogP contribution is -2.52. The average Bonchev–Trinajstić information content (AvgIpc) is 2.61. The first-order chi connectivity index (χ1) is 13.9. The summed E-state index contributed by atoms with van der Waals surface area (Å²) in [6.07, 6.45) is 4.63. The summed E-state index contributed by atoms with van der Waals surface area (Å²) in [5.41, 5.74) is 0. The summed E-state index contributed by atoms with van der Waals surface area (Å²) >= 11 is 0. The fraction of sp³-hybridized carbons (Fsp3) is 0.700. The van der Waals surface area contributed by atoms with E-state index in [0.717, 1.165) is 25.7 Å². The molecule has 0 rings (SSSR count). The molecule has 0 aliphatic heterocycles. The molecule has 0 aromatic rings. The highest BCUT2D eigenvalue weighted by molar-refractivity contribution is 6.07. The number of hydrogen-bond donors (Lipinski definition) is 2. The van der Waals surface area contributed by atoms with Crippen molar-refractivity contribution in [2.75, 3.05) is 0 Å². The number of hydrogen-bond acceptors (Lipinski definition) is 8. The van der Waals surface area contributed by atoms with E-state index >= 15 is 0 Å². The number of nitrogens with zero attached hydrogens (tertiary/aromatic N) is 2. The molecule has 10 heteroatoms. The zero-order valence-electron chi connectivity index (χ0n) is 18.3. The largest absolute Gasteiger partial charge is 0.297 e. The summed E-state index contributed by atoms with van der Waals surface area (Å²) in [5, 5.41) is 1.43. The molecule has 0 aliphatic rings. The molecule has 0 saturated carbocycles. The summed E-state index contributed by atoms with van der Waals surface area (Å²) in [6, 6.07) is -2.47. The Labute approximate surface area is 177 Å². The summed E-state index contributed by atoms with van der Waals surface area (Å²) in [7, 11) is 0. The predicted octanol–water partition coefficient (Wildman–Crippen LogP) is 0.605. The molecule has 170 valence electrons. The Balaban J connectivity index is 4.08. The van der Waals surface area contributed by atoms with Gasteiger partial charge in [-0.2, -0.15) is 0 Å². The molecule has 2 amide bonds. The van der Waals surface area contributed by atoms with Crippen LogP contribution >= 0.6 is 0 Å². The Bertz CT molecular complexity index is 580. The quantitative estimate of drug-likeness (QED) is 0.126. The van der Waals surface area contributed by atoms with Gasteiger partial charge in [-0.15, -0.1) is 0 Å². The minimum atomic E-state index is -1.23. The topological polar surface area (TPSA) is 161 Å². The van der Waals surface area contributed by atoms with Gasteiger partial charge in [0.05, 0.1) is 0 Å². The van der Waals surface area contributed by atoms with E-state index < -0.39 is 47.0 Å². The number of hydrazine groups is 2. The molecular formula is C20H34N4O6. The van der Waals surface area contributed by atoms with E-state index in [0.29, 0.717) is 22.9 Å². The SMILES string of the molecule is CC(=O)C(C(C)=O)N(N)C(=O)CCCCCCCCC(=O)N(N)C(C(C)=O)C(C)=O. The van der Waals surface area contributed by atoms with Gasteiger partial charge in [-0.25, -0.2) is 11.7 Å². The smallest absolute Gasteiger partial charge is 0.237 e. The van der Waals surface area contributed by atoms with E-state index in [9.17, 15) is 28.8 Å². The number of ketones is 4. The van der Waals surface area contributed by atoms with Gasteiger partial charge >= 0.3 is 0 Å². The van der Waals surface area contributed by atoms with Gasteiger partial charge in [0.25, 0.3) is 0 Å². The van der Waals surface area contributed by atoms with E-state index in [2.05, 4.69) is 0 Å². The van der Waals surface area contributed by atoms with Crippen molar-refractivity contribution < 1.29 is 28.8 Å². The van der Waals surface area contributed by atoms with E-state index in [1.807, 2.05) is 0 Å². The Morgan fingerprint density at radius 2 is 0.767 bits per heavy atom. The maximum atomic E-state index is 12.0. The van der Waals surface area contributed by atoms with E-state index in [-0.39, 0.29) is 12.8 Å². The molecule has 4 N–H and O–H groups in total. The van der Waals surface area contributed by atoms with Crippen molar-refractivity contribution in [1.82, 2.24) is 10.0 Å². The van der Waals surface area contributed by atoms with Gasteiger partial charge in [-0.3, -0.25) is 38.8 Å². The standard InChI is InChI=1S/C20H34N4O6/c1-13(25)19(14(2)26)23(21)17(29)11-9-7-5-6-8-10-12-18(30)24(22)20(15(3)27)16(4)28/h19-20H,5-12,21-22H2,1-4H3. The highest BCUT2D eigenvalue weighted by atomic mass is 16.2. The summed E-state index contributed by atoms with van der Waals surface area (Å²) in [5.74, 6) is 8.43. The van der Waals surface area contributed by atoms with Crippen LogP contribution in [0.15, 0.2) is 0 Å². The van der Waals surface area contributed by atoms with Gasteiger partial charge in [0.2, 0.25) is 11.8 Å². The average molecular weight is 427 g/mol. The van der Waals surface area contributed by atoms with Crippen molar-refractivity contribution in [1.29, 1.82) is 0 Å². The minimum Gasteiger partial charge on any atom is -0.297 e. The molecule has 0 aromatic carbocycles. The molecule has 0 saturated heterocycles. The monoisotopic (exact) mass is 426 g/mol. The molecular weight excluding hydrogens is 392 g/mol. The predicted molar refractivity (Wildman–Crippen MR) is 109 cm³/mol. The first-order valence-corrected chi connectivity index (χ1v) is 10.1. The molecule has 0 aromatic heterocycles. The number of Topliss-reactive ketones (excluding diaryl/α,β-unsaturated/α-hetero) is 4. The van der Waals surface area contributed by atoms with E-state index in [4.69, 9.17) is 11.7 Å². The van der Waals surface area contributed by atoms with Gasteiger partial charge in [-0.1, -0.05) is 25.7 Å². The number of carbonyl (C=O) groups is 6. The molecule has 0 spiro atoms. The van der Waals surface area contributed by atoms with Crippen LogP contribution in [-0.4, -0.2) is 57.0 Å². The van der Waals surface area contributed by atoms with E-state index in [1.165, 1.54) is 27.7 Å². The second kappa shape index (κ2) is 13.7. The van der Waals surface area contributed by atoms with Crippen molar-refractivity contribution in [3.05, 3.63) is 0 Å². The first-order valence-electron chi connectivity index (χ1n) is 10.1. The minimum absolute atomic E-state index is 0.145. The lowest BCUT2D eigenvalue weighted by Gasteiger charge is -2.23. The van der Waals surface area contributed by atoms with Crippen molar-refractivity contribution in [2.24, 2.45) is 11.7 Å². The van der Waals surface area contributed by atoms with Crippen LogP contribution in [0.2, 0.25) is 0 Å². The Kier molecular flexibility index (Phi) is 12.6. The molecule has 30 heavy (non-hydrogen) atoms. The van der Waals surface area contributed by atoms with Gasteiger partial charge < -0.3 is 0 Å². The zero-order valence-corrected chi connectivity index (χ0v) is 18.3. The molecule has 0 heterocycles. The molecule has 10 nitrogen and oxygen atoms in total. The summed E-state index contributed by atoms with van der Waals surface area (Å²) in [6.45, 7) is 4.87. The summed E-state index contributed by atoms with van der Waals surface area (Å²) in [4.78, 5) is 69.8. The van der Waals surface area contributed by atoms with Gasteiger partial charge in [0, 0.05) is 12.8 Å². The summed E-state index contributed by atoms with van der Waals surface area (Å²) < 4.78 is 0. The molecule has 0 aliphatic carbocycles. The van der Waals surface area contributed by atoms with Crippen LogP contribution in [0.25, 0.3) is 0 Å². The molecule has 0 fully saturated rings. The van der Waals surface area contributed by atoms with Crippen LogP contribution in [0.4, 0.5) is 0 Å². The fourth-order valence-corrected chi connectivity index (χ4v) is 3.16. The highest BCUT2D eigenvalue weighted by Crippen LogP contribution is 2.11. The Hall–Kier alpha value is -2.46. The van der Waals surface area contributed by atoms with Crippen molar-refractivity contribution in [3.63, 3.8) is 0 Å². The third-order valence-corrected chi connectivity index (χ3v) is 4.70. The van der Waals surface area contributed by atoms with Crippen LogP contribution in [-0.2, 0) is 28.8 Å². The number of unbranched alkanes of at least 4 members (excludes halogenated alkanes) is 5. The zero-order chi connectivity index (χ0) is 23.4. The first kappa shape index (κ1) is 27.5. The van der Waals surface area contributed by atoms with Crippen molar-refractivity contribution >= 4 is 34.9 Å². The Morgan fingerprint density at radius 1 is 0.533 bits per heavy atom. The lowest BCUT2D eigenvalue weighted by atomic mass is 10.1. The molecule has 0 radical (unpaired) electrons. The van der Waals surface area contributed by atoms with Gasteiger partial charge in [0.15, 0.2) is 35.2 Å².